The molecule has 0 atom stereocenters. The summed E-state index contributed by atoms with van der Waals surface area (Å²) >= 11 is 0. The molecule has 0 radical (unpaired) electrons. The lowest BCUT2D eigenvalue weighted by Crippen LogP contribution is -2.36. The van der Waals surface area contributed by atoms with Gasteiger partial charge in [-0.2, -0.15) is 8.78 Å². The van der Waals surface area contributed by atoms with Gasteiger partial charge in [-0.25, -0.2) is 8.42 Å². The summed E-state index contributed by atoms with van der Waals surface area (Å²) in [5.74, 6) is 0. The summed E-state index contributed by atoms with van der Waals surface area (Å²) < 4.78 is 50.0. The Morgan fingerprint density at radius 1 is 1.05 bits per heavy atom. The fraction of sp³-hybridized carbons (Fsp3) is 0.167. The predicted octanol–water partition coefficient (Wildman–Crippen LogP) is 2.59. The second-order valence-electron chi connectivity index (χ2n) is 3.85. The van der Waals surface area contributed by atoms with Crippen LogP contribution in [0.4, 0.5) is 8.78 Å². The van der Waals surface area contributed by atoms with Crippen LogP contribution in [-0.2, 0) is 9.84 Å². The van der Waals surface area contributed by atoms with Crippen molar-refractivity contribution in [2.24, 2.45) is 5.73 Å². The van der Waals surface area contributed by atoms with Gasteiger partial charge in [0.1, 0.15) is 0 Å². The van der Waals surface area contributed by atoms with Crippen molar-refractivity contribution < 1.29 is 17.2 Å². The highest BCUT2D eigenvalue weighted by Crippen LogP contribution is 2.29. The molecule has 0 aliphatic carbocycles. The number of hydrogen-bond donors (Lipinski definition) is 1. The van der Waals surface area contributed by atoms with Crippen molar-refractivity contribution in [2.75, 3.05) is 6.54 Å². The van der Waals surface area contributed by atoms with Gasteiger partial charge >= 0.3 is 5.25 Å². The molecular weight excluding hydrogens is 296 g/mol. The van der Waals surface area contributed by atoms with Crippen molar-refractivity contribution in [1.29, 1.82) is 0 Å². The average Bonchev–Trinajstić information content (AvgIpc) is 2.37. The van der Waals surface area contributed by atoms with E-state index in [0.717, 1.165) is 5.39 Å². The molecule has 2 aromatic carbocycles. The molecule has 7 heteroatoms. The van der Waals surface area contributed by atoms with Gasteiger partial charge in [-0.1, -0.05) is 30.3 Å². The molecule has 0 spiro atoms. The second-order valence-corrected chi connectivity index (χ2v) is 5.93. The first-order valence-corrected chi connectivity index (χ1v) is 6.68. The number of benzene rings is 2. The van der Waals surface area contributed by atoms with Gasteiger partial charge in [0.25, 0.3) is 0 Å². The molecular formula is C12H12ClF2NO2S. The Hall–Kier alpha value is -1.24. The average molecular weight is 308 g/mol. The zero-order chi connectivity index (χ0) is 13.4. The monoisotopic (exact) mass is 307 g/mol. The lowest BCUT2D eigenvalue weighted by Gasteiger charge is -2.15. The first-order chi connectivity index (χ1) is 8.38. The van der Waals surface area contributed by atoms with Gasteiger partial charge in [0.05, 0.1) is 11.4 Å². The molecule has 19 heavy (non-hydrogen) atoms. The number of halogens is 3. The van der Waals surface area contributed by atoms with Crippen molar-refractivity contribution in [3.05, 3.63) is 42.5 Å². The fourth-order valence-electron chi connectivity index (χ4n) is 1.62. The molecule has 2 rings (SSSR count). The maximum Gasteiger partial charge on any atom is 0.361 e. The molecule has 0 heterocycles. The first-order valence-electron chi connectivity index (χ1n) is 5.20. The highest BCUT2D eigenvalue weighted by molar-refractivity contribution is 7.92. The highest BCUT2D eigenvalue weighted by atomic mass is 35.5. The second kappa shape index (κ2) is 5.40. The molecule has 2 aromatic rings. The maximum atomic E-state index is 13.3. The SMILES string of the molecule is Cl.NCC(F)(F)S(=O)(=O)c1ccc2ccccc2c1. The van der Waals surface area contributed by atoms with Crippen LogP contribution in [0.2, 0.25) is 0 Å². The molecule has 0 bridgehead atoms. The number of hydrogen-bond acceptors (Lipinski definition) is 3. The van der Waals surface area contributed by atoms with Gasteiger partial charge in [0.15, 0.2) is 0 Å². The fourth-order valence-corrected chi connectivity index (χ4v) is 2.71. The van der Waals surface area contributed by atoms with Crippen LogP contribution in [0.15, 0.2) is 47.4 Å². The molecule has 0 aromatic heterocycles. The van der Waals surface area contributed by atoms with Gasteiger partial charge in [0, 0.05) is 0 Å². The number of alkyl halides is 2. The summed E-state index contributed by atoms with van der Waals surface area (Å²) in [5, 5.41) is -2.57. The van der Waals surface area contributed by atoms with Crippen LogP contribution in [0.1, 0.15) is 0 Å². The molecule has 0 saturated heterocycles. The zero-order valence-electron chi connectivity index (χ0n) is 9.71. The van der Waals surface area contributed by atoms with Gasteiger partial charge in [0.2, 0.25) is 9.84 Å². The van der Waals surface area contributed by atoms with E-state index in [1.807, 2.05) is 0 Å². The highest BCUT2D eigenvalue weighted by Gasteiger charge is 2.44. The van der Waals surface area contributed by atoms with Gasteiger partial charge in [-0.3, -0.25) is 0 Å². The van der Waals surface area contributed by atoms with E-state index >= 15 is 0 Å². The smallest absolute Gasteiger partial charge is 0.324 e. The Kier molecular flexibility index (Phi) is 4.50. The van der Waals surface area contributed by atoms with Gasteiger partial charge in [-0.15, -0.1) is 12.4 Å². The summed E-state index contributed by atoms with van der Waals surface area (Å²) in [5.41, 5.74) is 4.81. The van der Waals surface area contributed by atoms with Crippen molar-refractivity contribution in [2.45, 2.75) is 10.2 Å². The van der Waals surface area contributed by atoms with Crippen molar-refractivity contribution in [3.63, 3.8) is 0 Å². The van der Waals surface area contributed by atoms with Crippen LogP contribution in [0.5, 0.6) is 0 Å². The molecule has 0 unspecified atom stereocenters. The molecule has 104 valence electrons. The zero-order valence-corrected chi connectivity index (χ0v) is 11.3. The van der Waals surface area contributed by atoms with Crippen LogP contribution in [0, 0.1) is 0 Å². The Morgan fingerprint density at radius 3 is 2.21 bits per heavy atom. The lowest BCUT2D eigenvalue weighted by molar-refractivity contribution is 0.102. The number of rotatable bonds is 3. The van der Waals surface area contributed by atoms with E-state index in [-0.39, 0.29) is 12.4 Å². The number of sulfone groups is 1. The van der Waals surface area contributed by atoms with Crippen LogP contribution in [0.3, 0.4) is 0 Å². The summed E-state index contributed by atoms with van der Waals surface area (Å²) in [6, 6.07) is 10.8. The molecule has 2 N–H and O–H groups in total. The largest absolute Gasteiger partial charge is 0.361 e. The van der Waals surface area contributed by atoms with E-state index in [2.05, 4.69) is 0 Å². The van der Waals surface area contributed by atoms with Crippen LogP contribution in [-0.4, -0.2) is 20.2 Å². The standard InChI is InChI=1S/C12H11F2NO2S.ClH/c13-12(14,8-15)18(16,17)11-6-5-9-3-1-2-4-10(9)7-11;/h1-7H,8,15H2;1H. The minimum absolute atomic E-state index is 0. The van der Waals surface area contributed by atoms with Crippen LogP contribution < -0.4 is 5.73 Å². The van der Waals surface area contributed by atoms with Gasteiger partial charge in [-0.05, 0) is 22.9 Å². The first kappa shape index (κ1) is 15.8. The van der Waals surface area contributed by atoms with E-state index in [9.17, 15) is 17.2 Å². The summed E-state index contributed by atoms with van der Waals surface area (Å²) in [6.45, 7) is -1.23. The molecule has 3 nitrogen and oxygen atoms in total. The Labute approximate surface area is 115 Å². The summed E-state index contributed by atoms with van der Waals surface area (Å²) in [4.78, 5) is -0.420. The van der Waals surface area contributed by atoms with Crippen molar-refractivity contribution in [3.8, 4) is 0 Å². The normalized spacial score (nSPS) is 12.2. The number of nitrogens with two attached hydrogens (primary N) is 1. The minimum atomic E-state index is -4.74. The quantitative estimate of drug-likeness (QED) is 0.948. The Morgan fingerprint density at radius 2 is 1.63 bits per heavy atom. The maximum absolute atomic E-state index is 13.3. The van der Waals surface area contributed by atoms with E-state index in [0.29, 0.717) is 5.39 Å². The van der Waals surface area contributed by atoms with Crippen LogP contribution in [0.25, 0.3) is 10.8 Å². The van der Waals surface area contributed by atoms with Crippen molar-refractivity contribution >= 4 is 33.0 Å². The van der Waals surface area contributed by atoms with Crippen LogP contribution >= 0.6 is 12.4 Å². The van der Waals surface area contributed by atoms with E-state index in [1.165, 1.54) is 18.2 Å². The molecule has 0 saturated carbocycles. The van der Waals surface area contributed by atoms with E-state index in [1.54, 1.807) is 24.3 Å². The summed E-state index contributed by atoms with van der Waals surface area (Å²) in [7, 11) is -4.74. The minimum Gasteiger partial charge on any atom is -0.324 e. The third-order valence-corrected chi connectivity index (χ3v) is 4.49. The molecule has 0 aliphatic heterocycles. The van der Waals surface area contributed by atoms with Crippen molar-refractivity contribution in [1.82, 2.24) is 0 Å². The Bertz CT molecular complexity index is 689. The van der Waals surface area contributed by atoms with Gasteiger partial charge < -0.3 is 5.73 Å². The van der Waals surface area contributed by atoms with E-state index < -0.39 is 26.5 Å². The lowest BCUT2D eigenvalue weighted by atomic mass is 10.1. The van der Waals surface area contributed by atoms with E-state index in [4.69, 9.17) is 5.73 Å². The number of fused-ring (bicyclic) bond motifs is 1. The Balaban J connectivity index is 0.00000180. The third kappa shape index (κ3) is 2.70. The summed E-state index contributed by atoms with van der Waals surface area (Å²) in [6.07, 6.45) is 0. The topological polar surface area (TPSA) is 60.2 Å². The molecule has 0 aliphatic rings. The third-order valence-electron chi connectivity index (χ3n) is 2.66. The molecule has 0 fully saturated rings. The molecule has 0 amide bonds. The predicted molar refractivity (Wildman–Crippen MR) is 72.4 cm³/mol.